The van der Waals surface area contributed by atoms with E-state index in [2.05, 4.69) is 11.9 Å². The lowest BCUT2D eigenvalue weighted by Gasteiger charge is -2.01. The summed E-state index contributed by atoms with van der Waals surface area (Å²) in [6.07, 6.45) is 13.5. The first-order valence-corrected chi connectivity index (χ1v) is 9.31. The highest BCUT2D eigenvalue weighted by Crippen LogP contribution is 2.10. The van der Waals surface area contributed by atoms with Gasteiger partial charge >= 0.3 is 8.03 Å². The highest BCUT2D eigenvalue weighted by molar-refractivity contribution is 7.36. The first kappa shape index (κ1) is 21.6. The molecule has 6 heteroatoms. The Labute approximate surface area is 125 Å². The normalized spacial score (nSPS) is 10.4. The lowest BCUT2D eigenvalue weighted by molar-refractivity contribution is 0.509. The van der Waals surface area contributed by atoms with Crippen LogP contribution in [0.2, 0.25) is 0 Å². The first-order chi connectivity index (χ1) is 9.50. The third kappa shape index (κ3) is 30.4. The number of rotatable bonds is 11. The van der Waals surface area contributed by atoms with Crippen LogP contribution in [0.15, 0.2) is 4.99 Å². The van der Waals surface area contributed by atoms with E-state index in [9.17, 15) is 0 Å². The molecular formula is C14H33N3O2P+. The molecule has 0 aromatic carbocycles. The second kappa shape index (κ2) is 18.3. The van der Waals surface area contributed by atoms with Gasteiger partial charge in [0.15, 0.2) is 12.6 Å². The molecule has 5 N–H and O–H groups in total. The Hall–Kier alpha value is -0.670. The second-order valence-corrected chi connectivity index (χ2v) is 5.88. The average molecular weight is 306 g/mol. The average Bonchev–Trinajstić information content (AvgIpc) is 2.35. The molecule has 0 aliphatic rings. The number of nitrogens with zero attached hydrogens (tertiary/aromatic N) is 1. The molecule has 0 aromatic rings. The van der Waals surface area contributed by atoms with Gasteiger partial charge in [0.2, 0.25) is 0 Å². The van der Waals surface area contributed by atoms with E-state index in [0.29, 0.717) is 0 Å². The van der Waals surface area contributed by atoms with Crippen LogP contribution in [-0.2, 0) is 4.57 Å². The molecule has 1 atom stereocenters. The van der Waals surface area contributed by atoms with Crippen molar-refractivity contribution in [3.05, 3.63) is 0 Å². The van der Waals surface area contributed by atoms with E-state index < -0.39 is 8.03 Å². The third-order valence-corrected chi connectivity index (χ3v) is 2.81. The van der Waals surface area contributed by atoms with Crippen LogP contribution >= 0.6 is 8.03 Å². The minimum atomic E-state index is -1.87. The number of guanidine groups is 1. The molecule has 5 nitrogen and oxygen atoms in total. The molecule has 120 valence electrons. The Kier molecular flexibility index (Phi) is 19.8. The van der Waals surface area contributed by atoms with Crippen molar-refractivity contribution in [2.45, 2.75) is 71.1 Å². The highest BCUT2D eigenvalue weighted by atomic mass is 31.1. The molecule has 0 fully saturated rings. The van der Waals surface area contributed by atoms with Crippen molar-refractivity contribution < 1.29 is 9.46 Å². The molecule has 1 unspecified atom stereocenters. The zero-order valence-corrected chi connectivity index (χ0v) is 14.1. The van der Waals surface area contributed by atoms with Gasteiger partial charge in [-0.1, -0.05) is 64.7 Å². The smallest absolute Gasteiger partial charge is 0.370 e. The molecule has 0 saturated carbocycles. The maximum atomic E-state index is 9.15. The van der Waals surface area contributed by atoms with Crippen LogP contribution in [0, 0.1) is 0 Å². The molecule has 0 rings (SSSR count). The van der Waals surface area contributed by atoms with Crippen molar-refractivity contribution in [3.63, 3.8) is 0 Å². The van der Waals surface area contributed by atoms with Crippen LogP contribution in [0.4, 0.5) is 0 Å². The van der Waals surface area contributed by atoms with E-state index in [1.807, 2.05) is 0 Å². The molecule has 0 saturated heterocycles. The number of unbranched alkanes of at least 4 members (excludes halogenated alkanes) is 9. The summed E-state index contributed by atoms with van der Waals surface area (Å²) in [5, 5.41) is 0. The molecule has 0 amide bonds. The Morgan fingerprint density at radius 3 is 1.65 bits per heavy atom. The van der Waals surface area contributed by atoms with Crippen LogP contribution in [0.25, 0.3) is 0 Å². The standard InChI is InChI=1S/C13H29N3.CH3O2P/c1-2-3-4-5-6-7-8-9-10-11-12-16-13(14)15;1-4(2)3/h2-12H2,1H3,(H4,14,15,16);1H3/p+1. The van der Waals surface area contributed by atoms with Crippen molar-refractivity contribution in [2.24, 2.45) is 16.5 Å². The first-order valence-electron chi connectivity index (χ1n) is 7.65. The molecule has 0 bridgehead atoms. The maximum Gasteiger partial charge on any atom is 0.502 e. The van der Waals surface area contributed by atoms with Gasteiger partial charge in [0.1, 0.15) is 0 Å². The van der Waals surface area contributed by atoms with Crippen molar-refractivity contribution in [2.75, 3.05) is 13.2 Å². The summed E-state index contributed by atoms with van der Waals surface area (Å²) in [4.78, 5) is 11.5. The molecule has 0 radical (unpaired) electrons. The lowest BCUT2D eigenvalue weighted by Crippen LogP contribution is -2.22. The topological polar surface area (TPSA) is 102 Å². The Morgan fingerprint density at radius 2 is 1.30 bits per heavy atom. The van der Waals surface area contributed by atoms with Crippen LogP contribution in [0.5, 0.6) is 0 Å². The van der Waals surface area contributed by atoms with Crippen molar-refractivity contribution in [1.82, 2.24) is 0 Å². The summed E-state index contributed by atoms with van der Waals surface area (Å²) in [5.41, 5.74) is 10.5. The number of hydrogen-bond donors (Lipinski definition) is 3. The minimum Gasteiger partial charge on any atom is -0.370 e. The van der Waals surface area contributed by atoms with Crippen molar-refractivity contribution in [3.8, 4) is 0 Å². The summed E-state index contributed by atoms with van der Waals surface area (Å²) < 4.78 is 9.15. The van der Waals surface area contributed by atoms with E-state index in [4.69, 9.17) is 20.9 Å². The van der Waals surface area contributed by atoms with Crippen molar-refractivity contribution in [1.29, 1.82) is 0 Å². The maximum absolute atomic E-state index is 9.15. The van der Waals surface area contributed by atoms with Gasteiger partial charge < -0.3 is 11.5 Å². The Morgan fingerprint density at radius 1 is 0.950 bits per heavy atom. The van der Waals surface area contributed by atoms with Gasteiger partial charge in [-0.3, -0.25) is 4.99 Å². The van der Waals surface area contributed by atoms with Gasteiger partial charge in [0.25, 0.3) is 0 Å². The quantitative estimate of drug-likeness (QED) is 0.235. The van der Waals surface area contributed by atoms with E-state index in [1.54, 1.807) is 0 Å². The molecule has 20 heavy (non-hydrogen) atoms. The van der Waals surface area contributed by atoms with Gasteiger partial charge in [-0.2, -0.15) is 4.89 Å². The molecule has 0 heterocycles. The van der Waals surface area contributed by atoms with Gasteiger partial charge in [0, 0.05) is 6.54 Å². The molecule has 0 aromatic heterocycles. The van der Waals surface area contributed by atoms with Crippen LogP contribution in [0.1, 0.15) is 71.1 Å². The van der Waals surface area contributed by atoms with Gasteiger partial charge in [0.05, 0.1) is 0 Å². The second-order valence-electron chi connectivity index (χ2n) is 4.95. The van der Waals surface area contributed by atoms with Crippen LogP contribution in [-0.4, -0.2) is 24.1 Å². The molecule has 0 aliphatic carbocycles. The van der Waals surface area contributed by atoms with Crippen LogP contribution < -0.4 is 11.5 Å². The Balaban J connectivity index is 0. The number of aliphatic imine (C=N–C) groups is 1. The fourth-order valence-corrected chi connectivity index (χ4v) is 1.81. The van der Waals surface area contributed by atoms with E-state index in [0.717, 1.165) is 13.0 Å². The minimum absolute atomic E-state index is 0.218. The predicted octanol–water partition coefficient (Wildman–Crippen LogP) is 3.53. The SMILES string of the molecule is CCCCCCCCCCCCN=C(N)N.C[P+](=O)O. The summed E-state index contributed by atoms with van der Waals surface area (Å²) in [7, 11) is -1.87. The van der Waals surface area contributed by atoms with E-state index in [1.165, 1.54) is 64.5 Å². The zero-order chi connectivity index (χ0) is 15.6. The zero-order valence-electron chi connectivity index (χ0n) is 13.2. The van der Waals surface area contributed by atoms with Gasteiger partial charge in [-0.05, 0) is 11.0 Å². The number of hydrogen-bond acceptors (Lipinski definition) is 2. The fourth-order valence-electron chi connectivity index (χ4n) is 1.81. The largest absolute Gasteiger partial charge is 0.502 e. The molecule has 0 spiro atoms. The summed E-state index contributed by atoms with van der Waals surface area (Å²) in [5.74, 6) is 0.218. The summed E-state index contributed by atoms with van der Waals surface area (Å²) in [6, 6.07) is 0. The van der Waals surface area contributed by atoms with Gasteiger partial charge in [-0.25, -0.2) is 0 Å². The summed E-state index contributed by atoms with van der Waals surface area (Å²) >= 11 is 0. The van der Waals surface area contributed by atoms with Crippen LogP contribution in [0.3, 0.4) is 0 Å². The monoisotopic (exact) mass is 306 g/mol. The molecular weight excluding hydrogens is 273 g/mol. The van der Waals surface area contributed by atoms with E-state index in [-0.39, 0.29) is 5.96 Å². The Bertz CT molecular complexity index is 241. The van der Waals surface area contributed by atoms with Crippen molar-refractivity contribution >= 4 is 14.0 Å². The number of nitrogens with two attached hydrogens (primary N) is 2. The predicted molar refractivity (Wildman–Crippen MR) is 88.3 cm³/mol. The van der Waals surface area contributed by atoms with E-state index >= 15 is 0 Å². The van der Waals surface area contributed by atoms with Gasteiger partial charge in [-0.15, -0.1) is 0 Å². The fraction of sp³-hybridized carbons (Fsp3) is 0.929. The molecule has 0 aliphatic heterocycles. The highest BCUT2D eigenvalue weighted by Gasteiger charge is 1.92. The third-order valence-electron chi connectivity index (χ3n) is 2.81. The lowest BCUT2D eigenvalue weighted by atomic mass is 10.1. The summed E-state index contributed by atoms with van der Waals surface area (Å²) in [6.45, 7) is 4.28.